The maximum absolute atomic E-state index is 11.4. The van der Waals surface area contributed by atoms with Crippen molar-refractivity contribution in [3.63, 3.8) is 0 Å². The molecular formula is C10H8N2O2. The second-order valence-corrected chi connectivity index (χ2v) is 3.50. The van der Waals surface area contributed by atoms with E-state index in [0.717, 1.165) is 11.4 Å². The van der Waals surface area contributed by atoms with Crippen LogP contribution in [-0.2, 0) is 0 Å². The van der Waals surface area contributed by atoms with Crippen LogP contribution in [0.4, 0.5) is 11.4 Å². The van der Waals surface area contributed by atoms with E-state index >= 15 is 0 Å². The molecule has 2 N–H and O–H groups in total. The van der Waals surface area contributed by atoms with Gasteiger partial charge in [0.2, 0.25) is 0 Å². The van der Waals surface area contributed by atoms with Gasteiger partial charge in [0.15, 0.2) is 11.6 Å². The van der Waals surface area contributed by atoms with Crippen LogP contribution in [0.1, 0.15) is 20.7 Å². The van der Waals surface area contributed by atoms with Crippen molar-refractivity contribution in [1.29, 1.82) is 0 Å². The SMILES string of the molecule is O=C1CNc2cc3c(cc21)NCC3=O. The van der Waals surface area contributed by atoms with Gasteiger partial charge in [0.25, 0.3) is 0 Å². The third kappa shape index (κ3) is 0.824. The highest BCUT2D eigenvalue weighted by Gasteiger charge is 2.26. The van der Waals surface area contributed by atoms with Crippen LogP contribution in [0.15, 0.2) is 12.1 Å². The van der Waals surface area contributed by atoms with Crippen molar-refractivity contribution < 1.29 is 9.59 Å². The summed E-state index contributed by atoms with van der Waals surface area (Å²) in [7, 11) is 0. The fraction of sp³-hybridized carbons (Fsp3) is 0.200. The first-order valence-electron chi connectivity index (χ1n) is 4.48. The first-order valence-corrected chi connectivity index (χ1v) is 4.48. The molecule has 1 aromatic carbocycles. The molecule has 70 valence electrons. The smallest absolute Gasteiger partial charge is 0.184 e. The monoisotopic (exact) mass is 188 g/mol. The summed E-state index contributed by atoms with van der Waals surface area (Å²) in [6, 6.07) is 3.52. The molecule has 0 atom stereocenters. The minimum atomic E-state index is 0.0870. The lowest BCUT2D eigenvalue weighted by Gasteiger charge is -2.02. The van der Waals surface area contributed by atoms with E-state index in [2.05, 4.69) is 10.6 Å². The van der Waals surface area contributed by atoms with Crippen molar-refractivity contribution in [1.82, 2.24) is 0 Å². The highest BCUT2D eigenvalue weighted by Crippen LogP contribution is 2.31. The van der Waals surface area contributed by atoms with Gasteiger partial charge in [0, 0.05) is 22.5 Å². The second kappa shape index (κ2) is 2.35. The van der Waals surface area contributed by atoms with Crippen LogP contribution in [0.25, 0.3) is 0 Å². The minimum Gasteiger partial charge on any atom is -0.377 e. The van der Waals surface area contributed by atoms with Gasteiger partial charge in [-0.2, -0.15) is 0 Å². The topological polar surface area (TPSA) is 58.2 Å². The van der Waals surface area contributed by atoms with Gasteiger partial charge >= 0.3 is 0 Å². The molecule has 3 rings (SSSR count). The Balaban J connectivity index is 2.24. The predicted octanol–water partition coefficient (Wildman–Crippen LogP) is 0.903. The molecule has 0 bridgehead atoms. The van der Waals surface area contributed by atoms with E-state index in [4.69, 9.17) is 0 Å². The Labute approximate surface area is 80.3 Å². The zero-order chi connectivity index (χ0) is 9.71. The summed E-state index contributed by atoms with van der Waals surface area (Å²) in [6.07, 6.45) is 0. The number of Topliss-reactive ketones (excluding diaryl/α,β-unsaturated/α-hetero) is 2. The van der Waals surface area contributed by atoms with Gasteiger partial charge in [-0.15, -0.1) is 0 Å². The molecule has 0 spiro atoms. The standard InChI is InChI=1S/C10H8N2O2/c13-9-3-12-8-2-6-7(1-5(8)9)11-4-10(6)14/h1-2,11-12H,3-4H2. The number of ketones is 2. The number of nitrogens with one attached hydrogen (secondary N) is 2. The quantitative estimate of drug-likeness (QED) is 0.635. The Kier molecular flexibility index (Phi) is 1.27. The average Bonchev–Trinajstić information content (AvgIpc) is 2.71. The summed E-state index contributed by atoms with van der Waals surface area (Å²) in [5.41, 5.74) is 2.94. The minimum absolute atomic E-state index is 0.0870. The molecule has 14 heavy (non-hydrogen) atoms. The van der Waals surface area contributed by atoms with Gasteiger partial charge < -0.3 is 10.6 Å². The van der Waals surface area contributed by atoms with Crippen molar-refractivity contribution >= 4 is 22.9 Å². The van der Waals surface area contributed by atoms with E-state index < -0.39 is 0 Å². The predicted molar refractivity (Wildman–Crippen MR) is 52.1 cm³/mol. The fourth-order valence-corrected chi connectivity index (χ4v) is 1.90. The fourth-order valence-electron chi connectivity index (χ4n) is 1.90. The van der Waals surface area contributed by atoms with Crippen LogP contribution in [0.3, 0.4) is 0 Å². The lowest BCUT2D eigenvalue weighted by molar-refractivity contribution is 0.100. The molecule has 0 amide bonds. The van der Waals surface area contributed by atoms with Crippen molar-refractivity contribution in [2.24, 2.45) is 0 Å². The highest BCUT2D eigenvalue weighted by atomic mass is 16.1. The summed E-state index contributed by atoms with van der Waals surface area (Å²) < 4.78 is 0. The lowest BCUT2D eigenvalue weighted by Crippen LogP contribution is -2.02. The maximum Gasteiger partial charge on any atom is 0.184 e. The van der Waals surface area contributed by atoms with Crippen LogP contribution in [0.5, 0.6) is 0 Å². The third-order valence-electron chi connectivity index (χ3n) is 2.64. The number of anilines is 2. The number of hydrogen-bond donors (Lipinski definition) is 2. The molecule has 1 aromatic rings. The van der Waals surface area contributed by atoms with E-state index in [1.807, 2.05) is 0 Å². The largest absolute Gasteiger partial charge is 0.377 e. The van der Waals surface area contributed by atoms with Crippen LogP contribution < -0.4 is 10.6 Å². The van der Waals surface area contributed by atoms with E-state index in [1.165, 1.54) is 0 Å². The molecule has 0 saturated heterocycles. The number of hydrogen-bond acceptors (Lipinski definition) is 4. The average molecular weight is 188 g/mol. The van der Waals surface area contributed by atoms with Crippen molar-refractivity contribution in [2.45, 2.75) is 0 Å². The van der Waals surface area contributed by atoms with Gasteiger partial charge in [-0.1, -0.05) is 0 Å². The van der Waals surface area contributed by atoms with Gasteiger partial charge in [0.1, 0.15) is 0 Å². The highest BCUT2D eigenvalue weighted by molar-refractivity contribution is 6.14. The van der Waals surface area contributed by atoms with Gasteiger partial charge in [-0.05, 0) is 12.1 Å². The maximum atomic E-state index is 11.4. The normalized spacial score (nSPS) is 17.4. The molecule has 0 radical (unpaired) electrons. The molecule has 0 aromatic heterocycles. The third-order valence-corrected chi connectivity index (χ3v) is 2.64. The van der Waals surface area contributed by atoms with Crippen LogP contribution in [-0.4, -0.2) is 24.7 Å². The number of fused-ring (bicyclic) bond motifs is 2. The van der Waals surface area contributed by atoms with E-state index in [1.54, 1.807) is 12.1 Å². The summed E-state index contributed by atoms with van der Waals surface area (Å²) in [5, 5.41) is 5.94. The molecule has 4 heteroatoms. The summed E-state index contributed by atoms with van der Waals surface area (Å²) in [5.74, 6) is 0.174. The molecule has 2 heterocycles. The zero-order valence-electron chi connectivity index (χ0n) is 7.39. The van der Waals surface area contributed by atoms with Crippen molar-refractivity contribution in [3.8, 4) is 0 Å². The Morgan fingerprint density at radius 1 is 0.857 bits per heavy atom. The van der Waals surface area contributed by atoms with Crippen LogP contribution in [0.2, 0.25) is 0 Å². The molecule has 2 aliphatic rings. The second-order valence-electron chi connectivity index (χ2n) is 3.50. The molecule has 2 aliphatic heterocycles. The number of carbonyl (C=O) groups excluding carboxylic acids is 2. The Morgan fingerprint density at radius 2 is 1.29 bits per heavy atom. The molecule has 0 fully saturated rings. The first-order chi connectivity index (χ1) is 6.75. The molecule has 4 nitrogen and oxygen atoms in total. The molecular weight excluding hydrogens is 180 g/mol. The van der Waals surface area contributed by atoms with E-state index in [0.29, 0.717) is 24.2 Å². The van der Waals surface area contributed by atoms with Crippen molar-refractivity contribution in [3.05, 3.63) is 23.3 Å². The molecule has 0 saturated carbocycles. The Bertz CT molecular complexity index is 422. The van der Waals surface area contributed by atoms with Crippen molar-refractivity contribution in [2.75, 3.05) is 23.7 Å². The van der Waals surface area contributed by atoms with Crippen LogP contribution in [0, 0.1) is 0 Å². The lowest BCUT2D eigenvalue weighted by atomic mass is 10.1. The Morgan fingerprint density at radius 3 is 1.71 bits per heavy atom. The molecule has 0 unspecified atom stereocenters. The summed E-state index contributed by atoms with van der Waals surface area (Å²) in [4.78, 5) is 22.7. The van der Waals surface area contributed by atoms with Gasteiger partial charge in [-0.25, -0.2) is 0 Å². The zero-order valence-corrected chi connectivity index (χ0v) is 7.39. The number of benzene rings is 1. The van der Waals surface area contributed by atoms with E-state index in [9.17, 15) is 9.59 Å². The Hall–Kier alpha value is -1.84. The first kappa shape index (κ1) is 7.55. The number of rotatable bonds is 0. The van der Waals surface area contributed by atoms with Crippen LogP contribution >= 0.6 is 0 Å². The summed E-state index contributed by atoms with van der Waals surface area (Å²) in [6.45, 7) is 0.679. The summed E-state index contributed by atoms with van der Waals surface area (Å²) >= 11 is 0. The molecule has 0 aliphatic carbocycles. The van der Waals surface area contributed by atoms with E-state index in [-0.39, 0.29) is 11.6 Å². The van der Waals surface area contributed by atoms with Gasteiger partial charge in [0.05, 0.1) is 13.1 Å². The van der Waals surface area contributed by atoms with Gasteiger partial charge in [-0.3, -0.25) is 9.59 Å². The number of carbonyl (C=O) groups is 2.